The van der Waals surface area contributed by atoms with Gasteiger partial charge in [-0.2, -0.15) is 0 Å². The second kappa shape index (κ2) is 6.85. The van der Waals surface area contributed by atoms with Crippen LogP contribution >= 0.6 is 0 Å². The molecule has 0 aliphatic rings. The summed E-state index contributed by atoms with van der Waals surface area (Å²) in [4.78, 5) is 21.7. The second-order valence-electron chi connectivity index (χ2n) is 2.23. The zero-order valence-corrected chi connectivity index (χ0v) is 7.64. The largest absolute Gasteiger partial charge is 0.459 e. The summed E-state index contributed by atoms with van der Waals surface area (Å²) in [6, 6.07) is 0. The zero-order chi connectivity index (χ0) is 11.0. The lowest BCUT2D eigenvalue weighted by atomic mass is 10.4. The Bertz CT molecular complexity index is 233. The zero-order valence-electron chi connectivity index (χ0n) is 7.64. The van der Waals surface area contributed by atoms with E-state index in [1.54, 1.807) is 0 Å². The molecule has 0 fully saturated rings. The maximum atomic E-state index is 11.0. The predicted molar refractivity (Wildman–Crippen MR) is 48.3 cm³/mol. The summed E-state index contributed by atoms with van der Waals surface area (Å²) >= 11 is 0. The van der Waals surface area contributed by atoms with E-state index in [2.05, 4.69) is 22.6 Å². The first-order valence-corrected chi connectivity index (χ1v) is 3.87. The number of hydrogen-bond acceptors (Lipinski definition) is 5. The SMILES string of the molecule is C=CCOC(=O)C(CO)OC(=O)C=C. The Kier molecular flexibility index (Phi) is 6.06. The van der Waals surface area contributed by atoms with E-state index in [9.17, 15) is 9.59 Å². The van der Waals surface area contributed by atoms with Gasteiger partial charge in [-0.3, -0.25) is 0 Å². The van der Waals surface area contributed by atoms with Crippen LogP contribution in [-0.4, -0.2) is 36.4 Å². The molecule has 5 heteroatoms. The Morgan fingerprint density at radius 3 is 2.50 bits per heavy atom. The van der Waals surface area contributed by atoms with Crippen LogP contribution in [0.3, 0.4) is 0 Å². The first-order valence-electron chi connectivity index (χ1n) is 3.87. The van der Waals surface area contributed by atoms with Crippen molar-refractivity contribution >= 4 is 11.9 Å². The molecular weight excluding hydrogens is 188 g/mol. The molecule has 0 aromatic rings. The fourth-order valence-corrected chi connectivity index (χ4v) is 0.582. The number of esters is 2. The van der Waals surface area contributed by atoms with Crippen LogP contribution in [0.4, 0.5) is 0 Å². The normalized spacial score (nSPS) is 11.2. The molecule has 78 valence electrons. The Hall–Kier alpha value is -1.62. The lowest BCUT2D eigenvalue weighted by Crippen LogP contribution is -2.31. The molecule has 0 saturated heterocycles. The van der Waals surface area contributed by atoms with Gasteiger partial charge in [-0.05, 0) is 0 Å². The Morgan fingerprint density at radius 2 is 2.07 bits per heavy atom. The highest BCUT2D eigenvalue weighted by Gasteiger charge is 2.22. The minimum atomic E-state index is -1.31. The summed E-state index contributed by atoms with van der Waals surface area (Å²) in [6.45, 7) is 5.85. The van der Waals surface area contributed by atoms with E-state index in [0.717, 1.165) is 6.08 Å². The highest BCUT2D eigenvalue weighted by molar-refractivity contribution is 5.85. The van der Waals surface area contributed by atoms with Crippen molar-refractivity contribution in [3.8, 4) is 0 Å². The summed E-state index contributed by atoms with van der Waals surface area (Å²) in [5.41, 5.74) is 0. The van der Waals surface area contributed by atoms with Crippen molar-refractivity contribution in [3.05, 3.63) is 25.3 Å². The van der Waals surface area contributed by atoms with Gasteiger partial charge < -0.3 is 14.6 Å². The van der Waals surface area contributed by atoms with Crippen molar-refractivity contribution in [1.29, 1.82) is 0 Å². The van der Waals surface area contributed by atoms with Crippen LogP contribution in [-0.2, 0) is 19.1 Å². The number of carbonyl (C=O) groups is 2. The van der Waals surface area contributed by atoms with E-state index < -0.39 is 24.6 Å². The Morgan fingerprint density at radius 1 is 1.43 bits per heavy atom. The fourth-order valence-electron chi connectivity index (χ4n) is 0.582. The summed E-state index contributed by atoms with van der Waals surface area (Å²) < 4.78 is 9.05. The number of ether oxygens (including phenoxy) is 2. The molecule has 0 amide bonds. The lowest BCUT2D eigenvalue weighted by Gasteiger charge is -2.12. The molecule has 0 aliphatic heterocycles. The van der Waals surface area contributed by atoms with Crippen molar-refractivity contribution in [2.75, 3.05) is 13.2 Å². The van der Waals surface area contributed by atoms with Crippen LogP contribution in [0.2, 0.25) is 0 Å². The van der Waals surface area contributed by atoms with Crippen molar-refractivity contribution in [3.63, 3.8) is 0 Å². The van der Waals surface area contributed by atoms with E-state index >= 15 is 0 Å². The predicted octanol–water partition coefficient (Wildman–Crippen LogP) is -0.194. The van der Waals surface area contributed by atoms with Gasteiger partial charge in [0.25, 0.3) is 0 Å². The van der Waals surface area contributed by atoms with Gasteiger partial charge in [0, 0.05) is 6.08 Å². The van der Waals surface area contributed by atoms with E-state index in [-0.39, 0.29) is 6.61 Å². The van der Waals surface area contributed by atoms with Crippen molar-refractivity contribution in [2.45, 2.75) is 6.10 Å². The molecule has 0 spiro atoms. The third-order valence-corrected chi connectivity index (χ3v) is 1.20. The summed E-state index contributed by atoms with van der Waals surface area (Å²) in [6.07, 6.45) is 0.950. The number of aliphatic hydroxyl groups is 1. The molecule has 0 rings (SSSR count). The van der Waals surface area contributed by atoms with Crippen molar-refractivity contribution < 1.29 is 24.2 Å². The average Bonchev–Trinajstić information content (AvgIpc) is 2.21. The van der Waals surface area contributed by atoms with Gasteiger partial charge in [0.1, 0.15) is 6.61 Å². The van der Waals surface area contributed by atoms with E-state index in [1.807, 2.05) is 0 Å². The van der Waals surface area contributed by atoms with Crippen LogP contribution in [0.5, 0.6) is 0 Å². The van der Waals surface area contributed by atoms with Crippen LogP contribution in [0.25, 0.3) is 0 Å². The number of carbonyl (C=O) groups excluding carboxylic acids is 2. The highest BCUT2D eigenvalue weighted by Crippen LogP contribution is 1.96. The van der Waals surface area contributed by atoms with Gasteiger partial charge in [0.05, 0.1) is 6.61 Å². The number of rotatable bonds is 6. The average molecular weight is 200 g/mol. The van der Waals surface area contributed by atoms with Crippen LogP contribution < -0.4 is 0 Å². The lowest BCUT2D eigenvalue weighted by molar-refractivity contribution is -0.166. The third-order valence-electron chi connectivity index (χ3n) is 1.20. The Labute approximate surface area is 81.6 Å². The molecule has 0 aromatic heterocycles. The van der Waals surface area contributed by atoms with Gasteiger partial charge >= 0.3 is 11.9 Å². The molecule has 5 nitrogen and oxygen atoms in total. The highest BCUT2D eigenvalue weighted by atomic mass is 16.6. The third kappa shape index (κ3) is 4.42. The number of aliphatic hydroxyl groups excluding tert-OH is 1. The van der Waals surface area contributed by atoms with Crippen LogP contribution in [0, 0.1) is 0 Å². The molecule has 1 unspecified atom stereocenters. The topological polar surface area (TPSA) is 72.8 Å². The van der Waals surface area contributed by atoms with Crippen molar-refractivity contribution in [1.82, 2.24) is 0 Å². The molecule has 0 aliphatic carbocycles. The smallest absolute Gasteiger partial charge is 0.350 e. The van der Waals surface area contributed by atoms with Gasteiger partial charge in [-0.15, -0.1) is 0 Å². The molecule has 0 bridgehead atoms. The quantitative estimate of drug-likeness (QED) is 0.365. The molecule has 14 heavy (non-hydrogen) atoms. The van der Waals surface area contributed by atoms with E-state index in [0.29, 0.717) is 0 Å². The second-order valence-corrected chi connectivity index (χ2v) is 2.23. The first kappa shape index (κ1) is 12.4. The first-order chi connectivity index (χ1) is 6.65. The minimum absolute atomic E-state index is 0.000965. The standard InChI is InChI=1S/C9H12O5/c1-3-5-13-9(12)7(6-10)14-8(11)4-2/h3-4,7,10H,1-2,5-6H2. The summed E-state index contributed by atoms with van der Waals surface area (Å²) in [5, 5.41) is 8.70. The van der Waals surface area contributed by atoms with Crippen molar-refractivity contribution in [2.24, 2.45) is 0 Å². The molecule has 1 N–H and O–H groups in total. The maximum absolute atomic E-state index is 11.0. The van der Waals surface area contributed by atoms with Gasteiger partial charge in [0.2, 0.25) is 6.10 Å². The molecule has 0 radical (unpaired) electrons. The monoisotopic (exact) mass is 200 g/mol. The molecule has 1 atom stereocenters. The Balaban J connectivity index is 4.11. The van der Waals surface area contributed by atoms with E-state index in [1.165, 1.54) is 6.08 Å². The molecule has 0 saturated carbocycles. The molecule has 0 heterocycles. The van der Waals surface area contributed by atoms with Gasteiger partial charge in [0.15, 0.2) is 0 Å². The van der Waals surface area contributed by atoms with Gasteiger partial charge in [-0.25, -0.2) is 9.59 Å². The van der Waals surface area contributed by atoms with E-state index in [4.69, 9.17) is 5.11 Å². The minimum Gasteiger partial charge on any atom is -0.459 e. The fraction of sp³-hybridized carbons (Fsp3) is 0.333. The van der Waals surface area contributed by atoms with Gasteiger partial charge in [-0.1, -0.05) is 19.2 Å². The molecule has 0 aromatic carbocycles. The number of hydrogen-bond donors (Lipinski definition) is 1. The maximum Gasteiger partial charge on any atom is 0.350 e. The molecular formula is C9H12O5. The summed E-state index contributed by atoms with van der Waals surface area (Å²) in [5.74, 6) is -1.61. The summed E-state index contributed by atoms with van der Waals surface area (Å²) in [7, 11) is 0. The van der Waals surface area contributed by atoms with Crippen LogP contribution in [0.1, 0.15) is 0 Å². The van der Waals surface area contributed by atoms with Crippen LogP contribution in [0.15, 0.2) is 25.3 Å².